The molecule has 0 saturated carbocycles. The van der Waals surface area contributed by atoms with Crippen molar-refractivity contribution < 1.29 is 4.74 Å². The molecule has 0 heterocycles. The zero-order chi connectivity index (χ0) is 10.7. The Hall–Kier alpha value is -1.28. The SMILES string of the molecule is CC[Si]c1cc2ccccc2cc1OC. The molecule has 2 aromatic carbocycles. The van der Waals surface area contributed by atoms with Crippen LogP contribution in [-0.2, 0) is 0 Å². The van der Waals surface area contributed by atoms with Gasteiger partial charge in [-0.3, -0.25) is 0 Å². The summed E-state index contributed by atoms with van der Waals surface area (Å²) in [6.07, 6.45) is 0. The number of ether oxygens (including phenoxy) is 1. The van der Waals surface area contributed by atoms with E-state index in [1.54, 1.807) is 7.11 Å². The first-order valence-corrected chi connectivity index (χ1v) is 6.36. The van der Waals surface area contributed by atoms with Crippen molar-refractivity contribution in [2.45, 2.75) is 13.0 Å². The molecule has 2 rings (SSSR count). The molecule has 0 atom stereocenters. The molecule has 0 saturated heterocycles. The molecule has 2 heteroatoms. The molecule has 0 aliphatic heterocycles. The summed E-state index contributed by atoms with van der Waals surface area (Å²) in [5, 5.41) is 3.88. The van der Waals surface area contributed by atoms with Crippen molar-refractivity contribution in [2.24, 2.45) is 0 Å². The molecule has 0 aromatic heterocycles. The van der Waals surface area contributed by atoms with Crippen LogP contribution < -0.4 is 9.92 Å². The van der Waals surface area contributed by atoms with Crippen LogP contribution in [0.1, 0.15) is 6.92 Å². The van der Waals surface area contributed by atoms with E-state index in [1.165, 1.54) is 22.0 Å². The highest BCUT2D eigenvalue weighted by Crippen LogP contribution is 2.18. The van der Waals surface area contributed by atoms with E-state index in [1.807, 2.05) is 0 Å². The van der Waals surface area contributed by atoms with Crippen LogP contribution in [0.15, 0.2) is 36.4 Å². The maximum absolute atomic E-state index is 5.41. The van der Waals surface area contributed by atoms with E-state index in [9.17, 15) is 0 Å². The monoisotopic (exact) mass is 214 g/mol. The Balaban J connectivity index is 2.58. The van der Waals surface area contributed by atoms with E-state index in [4.69, 9.17) is 4.74 Å². The fourth-order valence-electron chi connectivity index (χ4n) is 1.72. The molecule has 0 N–H and O–H groups in total. The number of hydrogen-bond acceptors (Lipinski definition) is 1. The van der Waals surface area contributed by atoms with Gasteiger partial charge in [-0.2, -0.15) is 0 Å². The minimum absolute atomic E-state index is 0.831. The summed E-state index contributed by atoms with van der Waals surface area (Å²) in [5.74, 6) is 1.02. The van der Waals surface area contributed by atoms with Crippen LogP contribution in [0.3, 0.4) is 0 Å². The first-order valence-electron chi connectivity index (χ1n) is 5.16. The predicted molar refractivity (Wildman–Crippen MR) is 66.4 cm³/mol. The van der Waals surface area contributed by atoms with Crippen LogP contribution in [-0.4, -0.2) is 16.6 Å². The van der Waals surface area contributed by atoms with Gasteiger partial charge in [0.15, 0.2) is 0 Å². The Kier molecular flexibility index (Phi) is 3.07. The second-order valence-electron chi connectivity index (χ2n) is 3.43. The lowest BCUT2D eigenvalue weighted by Gasteiger charge is -2.09. The second-order valence-corrected chi connectivity index (χ2v) is 5.03. The van der Waals surface area contributed by atoms with E-state index in [0.29, 0.717) is 0 Å². The maximum Gasteiger partial charge on any atom is 0.118 e. The minimum Gasteiger partial charge on any atom is -0.497 e. The van der Waals surface area contributed by atoms with Crippen LogP contribution in [0, 0.1) is 0 Å². The first kappa shape index (κ1) is 10.2. The molecule has 76 valence electrons. The molecule has 0 amide bonds. The van der Waals surface area contributed by atoms with Crippen LogP contribution in [0.5, 0.6) is 5.75 Å². The van der Waals surface area contributed by atoms with Crippen molar-refractivity contribution in [2.75, 3.05) is 7.11 Å². The van der Waals surface area contributed by atoms with Crippen molar-refractivity contribution in [1.82, 2.24) is 0 Å². The maximum atomic E-state index is 5.41. The van der Waals surface area contributed by atoms with Crippen LogP contribution in [0.4, 0.5) is 0 Å². The van der Waals surface area contributed by atoms with Gasteiger partial charge >= 0.3 is 0 Å². The summed E-state index contributed by atoms with van der Waals surface area (Å²) in [4.78, 5) is 0. The molecule has 1 nitrogen and oxygen atoms in total. The highest BCUT2D eigenvalue weighted by molar-refractivity contribution is 6.55. The molecule has 0 spiro atoms. The molecule has 0 fully saturated rings. The van der Waals surface area contributed by atoms with Crippen LogP contribution >= 0.6 is 0 Å². The summed E-state index contributed by atoms with van der Waals surface area (Å²) in [5.41, 5.74) is 0. The number of methoxy groups -OCH3 is 1. The van der Waals surface area contributed by atoms with E-state index < -0.39 is 0 Å². The molecular formula is C13H14OSi. The van der Waals surface area contributed by atoms with Crippen molar-refractivity contribution in [3.05, 3.63) is 36.4 Å². The summed E-state index contributed by atoms with van der Waals surface area (Å²) >= 11 is 0. The molecule has 0 aliphatic carbocycles. The summed E-state index contributed by atoms with van der Waals surface area (Å²) in [7, 11) is 2.57. The average Bonchev–Trinajstić information content (AvgIpc) is 2.28. The Morgan fingerprint density at radius 3 is 2.40 bits per heavy atom. The van der Waals surface area contributed by atoms with Crippen molar-refractivity contribution in [1.29, 1.82) is 0 Å². The van der Waals surface area contributed by atoms with E-state index in [2.05, 4.69) is 43.3 Å². The average molecular weight is 214 g/mol. The summed E-state index contributed by atoms with van der Waals surface area (Å²) < 4.78 is 5.41. The molecule has 0 unspecified atom stereocenters. The largest absolute Gasteiger partial charge is 0.497 e. The summed E-state index contributed by atoms with van der Waals surface area (Å²) in [6.45, 7) is 2.20. The molecule has 0 aliphatic rings. The molecule has 15 heavy (non-hydrogen) atoms. The zero-order valence-electron chi connectivity index (χ0n) is 9.08. The van der Waals surface area contributed by atoms with Crippen molar-refractivity contribution in [3.8, 4) is 5.75 Å². The van der Waals surface area contributed by atoms with Gasteiger partial charge in [0.2, 0.25) is 0 Å². The Morgan fingerprint density at radius 2 is 1.80 bits per heavy atom. The molecular weight excluding hydrogens is 200 g/mol. The predicted octanol–water partition coefficient (Wildman–Crippen LogP) is 2.62. The topological polar surface area (TPSA) is 9.23 Å². The van der Waals surface area contributed by atoms with Gasteiger partial charge in [-0.1, -0.05) is 43.3 Å². The Bertz CT molecular complexity index is 465. The van der Waals surface area contributed by atoms with Gasteiger partial charge < -0.3 is 4.74 Å². The van der Waals surface area contributed by atoms with Crippen molar-refractivity contribution in [3.63, 3.8) is 0 Å². The van der Waals surface area contributed by atoms with Gasteiger partial charge in [0.1, 0.15) is 5.75 Å². The fraction of sp³-hybridized carbons (Fsp3) is 0.231. The standard InChI is InChI=1S/C13H14OSi/c1-3-15-13-9-11-7-5-4-6-10(11)8-12(13)14-2/h4-9H,3H2,1-2H3. The van der Waals surface area contributed by atoms with Gasteiger partial charge in [0.05, 0.1) is 16.6 Å². The molecule has 2 aromatic rings. The normalized spacial score (nSPS) is 10.5. The van der Waals surface area contributed by atoms with Gasteiger partial charge in [-0.15, -0.1) is 0 Å². The zero-order valence-corrected chi connectivity index (χ0v) is 10.1. The smallest absolute Gasteiger partial charge is 0.118 e. The van der Waals surface area contributed by atoms with Crippen LogP contribution in [0.25, 0.3) is 10.8 Å². The van der Waals surface area contributed by atoms with Gasteiger partial charge in [-0.25, -0.2) is 0 Å². The lowest BCUT2D eigenvalue weighted by atomic mass is 10.1. The van der Waals surface area contributed by atoms with E-state index in [0.717, 1.165) is 15.3 Å². The van der Waals surface area contributed by atoms with E-state index in [-0.39, 0.29) is 0 Å². The third-order valence-electron chi connectivity index (χ3n) is 2.44. The fourth-order valence-corrected chi connectivity index (χ4v) is 2.70. The lowest BCUT2D eigenvalue weighted by molar-refractivity contribution is 0.418. The molecule has 2 radical (unpaired) electrons. The first-order chi connectivity index (χ1) is 7.35. The minimum atomic E-state index is 0.831. The summed E-state index contributed by atoms with van der Waals surface area (Å²) in [6, 6.07) is 14.0. The number of benzene rings is 2. The Morgan fingerprint density at radius 1 is 1.13 bits per heavy atom. The van der Waals surface area contributed by atoms with Crippen molar-refractivity contribution >= 4 is 25.5 Å². The number of fused-ring (bicyclic) bond motifs is 1. The van der Waals surface area contributed by atoms with Gasteiger partial charge in [0.25, 0.3) is 0 Å². The second kappa shape index (κ2) is 4.49. The Labute approximate surface area is 92.9 Å². The highest BCUT2D eigenvalue weighted by atomic mass is 28.2. The molecule has 0 bridgehead atoms. The van der Waals surface area contributed by atoms with E-state index >= 15 is 0 Å². The number of rotatable bonds is 3. The van der Waals surface area contributed by atoms with Crippen LogP contribution in [0.2, 0.25) is 6.04 Å². The third kappa shape index (κ3) is 2.05. The van der Waals surface area contributed by atoms with Gasteiger partial charge in [0, 0.05) is 0 Å². The number of hydrogen-bond donors (Lipinski definition) is 0. The highest BCUT2D eigenvalue weighted by Gasteiger charge is 2.04. The quantitative estimate of drug-likeness (QED) is 0.714. The van der Waals surface area contributed by atoms with Gasteiger partial charge in [-0.05, 0) is 22.0 Å². The lowest BCUT2D eigenvalue weighted by Crippen LogP contribution is -2.15. The third-order valence-corrected chi connectivity index (χ3v) is 3.56.